The molecule has 0 saturated carbocycles. The average molecular weight is 355 g/mol. The van der Waals surface area contributed by atoms with Crippen molar-refractivity contribution in [2.24, 2.45) is 4.99 Å². The van der Waals surface area contributed by atoms with E-state index in [-0.39, 0.29) is 5.41 Å². The number of aliphatic imine (C=N–C) groups is 1. The van der Waals surface area contributed by atoms with Crippen LogP contribution in [0.2, 0.25) is 0 Å². The van der Waals surface area contributed by atoms with Crippen molar-refractivity contribution < 1.29 is 9.53 Å². The summed E-state index contributed by atoms with van der Waals surface area (Å²) in [6.45, 7) is 6.53. The lowest BCUT2D eigenvalue weighted by Crippen LogP contribution is -2.10. The molecule has 1 heterocycles. The second-order valence-corrected chi connectivity index (χ2v) is 7.73. The van der Waals surface area contributed by atoms with Crippen LogP contribution in [0.4, 0.5) is 0 Å². The van der Waals surface area contributed by atoms with Gasteiger partial charge in [-0.2, -0.15) is 0 Å². The number of cyclic esters (lactones) is 1. The molecule has 0 atom stereocenters. The van der Waals surface area contributed by atoms with E-state index >= 15 is 0 Å². The van der Waals surface area contributed by atoms with E-state index in [4.69, 9.17) is 4.74 Å². The molecule has 27 heavy (non-hydrogen) atoms. The molecule has 3 aromatic carbocycles. The average Bonchev–Trinajstić information content (AvgIpc) is 3.01. The number of rotatable bonds is 2. The zero-order chi connectivity index (χ0) is 19.0. The first kappa shape index (κ1) is 17.2. The van der Waals surface area contributed by atoms with Crippen molar-refractivity contribution in [1.29, 1.82) is 0 Å². The number of nitrogens with zero attached hydrogens (tertiary/aromatic N) is 1. The number of fused-ring (bicyclic) bond motifs is 1. The third-order valence-electron chi connectivity index (χ3n) is 4.72. The van der Waals surface area contributed by atoms with E-state index in [9.17, 15) is 4.79 Å². The Bertz CT molecular complexity index is 1080. The molecule has 0 saturated heterocycles. The Morgan fingerprint density at radius 3 is 2.33 bits per heavy atom. The van der Waals surface area contributed by atoms with Gasteiger partial charge in [-0.3, -0.25) is 0 Å². The summed E-state index contributed by atoms with van der Waals surface area (Å²) in [6.07, 6.45) is 1.77. The van der Waals surface area contributed by atoms with Gasteiger partial charge in [0.25, 0.3) is 0 Å². The molecule has 0 bridgehead atoms. The van der Waals surface area contributed by atoms with E-state index in [0.29, 0.717) is 11.6 Å². The summed E-state index contributed by atoms with van der Waals surface area (Å²) in [5, 5.41) is 2.10. The van der Waals surface area contributed by atoms with Gasteiger partial charge in [0.2, 0.25) is 5.90 Å². The van der Waals surface area contributed by atoms with Crippen LogP contribution in [0.1, 0.15) is 37.5 Å². The Kier molecular flexibility index (Phi) is 4.15. The van der Waals surface area contributed by atoms with Gasteiger partial charge in [-0.1, -0.05) is 81.4 Å². The first-order valence-corrected chi connectivity index (χ1v) is 9.03. The van der Waals surface area contributed by atoms with Crippen molar-refractivity contribution >= 4 is 28.7 Å². The van der Waals surface area contributed by atoms with Crippen LogP contribution in [0, 0.1) is 0 Å². The number of benzene rings is 3. The minimum absolute atomic E-state index is 0.0949. The van der Waals surface area contributed by atoms with Crippen molar-refractivity contribution in [3.8, 4) is 0 Å². The molecular weight excluding hydrogens is 334 g/mol. The first-order valence-electron chi connectivity index (χ1n) is 9.03. The molecule has 3 heteroatoms. The molecule has 3 aromatic rings. The molecule has 0 aliphatic carbocycles. The van der Waals surface area contributed by atoms with Crippen LogP contribution < -0.4 is 0 Å². The standard InChI is InChI=1S/C24H21NO2/c1-24(2,3)18-13-11-16(12-14-18)15-21-23(26)27-22(25-21)20-10-6-8-17-7-4-5-9-19(17)20/h4-15H,1-3H3. The Hall–Kier alpha value is -3.20. The molecule has 1 aliphatic rings. The maximum absolute atomic E-state index is 12.3. The van der Waals surface area contributed by atoms with Gasteiger partial charge in [-0.25, -0.2) is 9.79 Å². The van der Waals surface area contributed by atoms with E-state index in [1.54, 1.807) is 6.08 Å². The molecule has 0 aromatic heterocycles. The molecular formula is C24H21NO2. The molecule has 0 amide bonds. The maximum atomic E-state index is 12.3. The summed E-state index contributed by atoms with van der Waals surface area (Å²) in [6, 6.07) is 22.1. The van der Waals surface area contributed by atoms with Gasteiger partial charge in [0.05, 0.1) is 0 Å². The zero-order valence-corrected chi connectivity index (χ0v) is 15.7. The van der Waals surface area contributed by atoms with Gasteiger partial charge in [0.1, 0.15) is 0 Å². The molecule has 0 fully saturated rings. The number of hydrogen-bond acceptors (Lipinski definition) is 3. The van der Waals surface area contributed by atoms with Crippen molar-refractivity contribution in [1.82, 2.24) is 0 Å². The molecule has 3 nitrogen and oxygen atoms in total. The number of ether oxygens (including phenoxy) is 1. The van der Waals surface area contributed by atoms with Crippen LogP contribution in [-0.2, 0) is 14.9 Å². The maximum Gasteiger partial charge on any atom is 0.363 e. The van der Waals surface area contributed by atoms with Crippen LogP contribution in [-0.4, -0.2) is 11.9 Å². The SMILES string of the molecule is CC(C)(C)c1ccc(C=C2N=C(c3cccc4ccccc34)OC2=O)cc1. The highest BCUT2D eigenvalue weighted by molar-refractivity contribution is 6.17. The third-order valence-corrected chi connectivity index (χ3v) is 4.72. The Morgan fingerprint density at radius 1 is 0.889 bits per heavy atom. The van der Waals surface area contributed by atoms with E-state index in [2.05, 4.69) is 37.9 Å². The molecule has 0 spiro atoms. The summed E-state index contributed by atoms with van der Waals surface area (Å²) >= 11 is 0. The number of carbonyl (C=O) groups excluding carboxylic acids is 1. The molecule has 1 aliphatic heterocycles. The van der Waals surface area contributed by atoms with Gasteiger partial charge in [0.15, 0.2) is 5.70 Å². The highest BCUT2D eigenvalue weighted by atomic mass is 16.6. The normalized spacial score (nSPS) is 15.9. The van der Waals surface area contributed by atoms with Crippen molar-refractivity contribution in [2.75, 3.05) is 0 Å². The Labute approximate surface area is 159 Å². The van der Waals surface area contributed by atoms with Crippen molar-refractivity contribution in [3.63, 3.8) is 0 Å². The fourth-order valence-electron chi connectivity index (χ4n) is 3.17. The van der Waals surface area contributed by atoms with Gasteiger partial charge >= 0.3 is 5.97 Å². The molecule has 0 N–H and O–H groups in total. The highest BCUT2D eigenvalue weighted by Gasteiger charge is 2.25. The second-order valence-electron chi connectivity index (χ2n) is 7.73. The number of esters is 1. The lowest BCUT2D eigenvalue weighted by molar-refractivity contribution is -0.129. The van der Waals surface area contributed by atoms with Crippen molar-refractivity contribution in [3.05, 3.63) is 89.1 Å². The van der Waals surface area contributed by atoms with Gasteiger partial charge in [-0.05, 0) is 39.5 Å². The predicted molar refractivity (Wildman–Crippen MR) is 110 cm³/mol. The van der Waals surface area contributed by atoms with Gasteiger partial charge in [0, 0.05) is 5.56 Å². The molecule has 134 valence electrons. The number of hydrogen-bond donors (Lipinski definition) is 0. The molecule has 4 rings (SSSR count). The van der Waals surface area contributed by atoms with E-state index < -0.39 is 5.97 Å². The van der Waals surface area contributed by atoms with Crippen molar-refractivity contribution in [2.45, 2.75) is 26.2 Å². The zero-order valence-electron chi connectivity index (χ0n) is 15.7. The fourth-order valence-corrected chi connectivity index (χ4v) is 3.17. The summed E-state index contributed by atoms with van der Waals surface area (Å²) in [5.74, 6) is -0.0628. The summed E-state index contributed by atoms with van der Waals surface area (Å²) in [4.78, 5) is 16.8. The number of carbonyl (C=O) groups is 1. The summed E-state index contributed by atoms with van der Waals surface area (Å²) in [5.41, 5.74) is 3.42. The van der Waals surface area contributed by atoms with Crippen LogP contribution in [0.25, 0.3) is 16.8 Å². The van der Waals surface area contributed by atoms with Crippen LogP contribution in [0.5, 0.6) is 0 Å². The van der Waals surface area contributed by atoms with Crippen LogP contribution >= 0.6 is 0 Å². The molecule has 0 unspecified atom stereocenters. The predicted octanol–water partition coefficient (Wildman–Crippen LogP) is 5.48. The van der Waals surface area contributed by atoms with Gasteiger partial charge in [-0.15, -0.1) is 0 Å². The minimum Gasteiger partial charge on any atom is -0.402 e. The minimum atomic E-state index is -0.419. The lowest BCUT2D eigenvalue weighted by atomic mass is 9.87. The lowest BCUT2D eigenvalue weighted by Gasteiger charge is -2.18. The van der Waals surface area contributed by atoms with Crippen LogP contribution in [0.15, 0.2) is 77.4 Å². The highest BCUT2D eigenvalue weighted by Crippen LogP contribution is 2.26. The topological polar surface area (TPSA) is 38.7 Å². The van der Waals surface area contributed by atoms with Crippen LogP contribution in [0.3, 0.4) is 0 Å². The quantitative estimate of drug-likeness (QED) is 0.451. The first-order chi connectivity index (χ1) is 12.9. The Morgan fingerprint density at radius 2 is 1.59 bits per heavy atom. The summed E-state index contributed by atoms with van der Waals surface area (Å²) in [7, 11) is 0. The van der Waals surface area contributed by atoms with E-state index in [0.717, 1.165) is 21.9 Å². The fraction of sp³-hybridized carbons (Fsp3) is 0.167. The van der Waals surface area contributed by atoms with Gasteiger partial charge < -0.3 is 4.74 Å². The second kappa shape index (κ2) is 6.51. The van der Waals surface area contributed by atoms with E-state index in [1.165, 1.54) is 5.56 Å². The molecule has 0 radical (unpaired) electrons. The smallest absolute Gasteiger partial charge is 0.363 e. The summed E-state index contributed by atoms with van der Waals surface area (Å²) < 4.78 is 5.46. The largest absolute Gasteiger partial charge is 0.402 e. The van der Waals surface area contributed by atoms with E-state index in [1.807, 2.05) is 54.6 Å². The third kappa shape index (κ3) is 3.41. The Balaban J connectivity index is 1.70. The monoisotopic (exact) mass is 355 g/mol.